The third-order valence-electron chi connectivity index (χ3n) is 9.30. The second-order valence-corrected chi connectivity index (χ2v) is 14.1. The average Bonchev–Trinajstić information content (AvgIpc) is 3.87. The molecule has 1 atom stereocenters. The van der Waals surface area contributed by atoms with Crippen LogP contribution in [0.25, 0.3) is 10.1 Å². The second kappa shape index (κ2) is 15.9. The number of fused-ring (bicyclic) bond motifs is 5. The van der Waals surface area contributed by atoms with E-state index in [9.17, 15) is 24.0 Å². The Balaban J connectivity index is 0.910. The van der Waals surface area contributed by atoms with Crippen LogP contribution in [-0.2, 0) is 27.8 Å². The molecule has 55 heavy (non-hydrogen) atoms. The van der Waals surface area contributed by atoms with E-state index in [0.29, 0.717) is 57.5 Å². The third-order valence-corrected chi connectivity index (χ3v) is 10.4. The van der Waals surface area contributed by atoms with Crippen molar-refractivity contribution >= 4 is 80.0 Å². The molecule has 5 aromatic rings. The van der Waals surface area contributed by atoms with Crippen molar-refractivity contribution in [3.63, 3.8) is 0 Å². The molecule has 3 N–H and O–H groups in total. The molecule has 0 saturated heterocycles. The number of hydrogen-bond acceptors (Lipinski definition) is 10. The minimum absolute atomic E-state index is 0.0769. The predicted molar refractivity (Wildman–Crippen MR) is 209 cm³/mol. The molecule has 0 saturated carbocycles. The zero-order valence-corrected chi connectivity index (χ0v) is 31.2. The highest BCUT2D eigenvalue weighted by Gasteiger charge is 2.36. The Morgan fingerprint density at radius 2 is 1.76 bits per heavy atom. The molecular formula is C40H38N6O8S. The van der Waals surface area contributed by atoms with Gasteiger partial charge in [0.1, 0.15) is 5.69 Å². The number of rotatable bonds is 13. The van der Waals surface area contributed by atoms with Gasteiger partial charge in [0.05, 0.1) is 55.1 Å². The van der Waals surface area contributed by atoms with Gasteiger partial charge in [0.25, 0.3) is 17.7 Å². The van der Waals surface area contributed by atoms with Crippen LogP contribution in [0.1, 0.15) is 55.3 Å². The predicted octanol–water partition coefficient (Wildman–Crippen LogP) is 5.88. The number of carbonyl (C=O) groups is 5. The number of aromatic nitrogens is 1. The molecule has 2 aromatic heterocycles. The number of nitrogens with one attached hydrogen (secondary N) is 3. The average molecular weight is 763 g/mol. The molecule has 14 nitrogen and oxygen atoms in total. The molecule has 0 bridgehead atoms. The number of aryl methyl sites for hydroxylation is 1. The van der Waals surface area contributed by atoms with Gasteiger partial charge in [-0.15, -0.1) is 11.3 Å². The highest BCUT2D eigenvalue weighted by Crippen LogP contribution is 2.41. The number of hydrogen-bond donors (Lipinski definition) is 3. The first-order valence-corrected chi connectivity index (χ1v) is 18.4. The van der Waals surface area contributed by atoms with E-state index in [0.717, 1.165) is 21.3 Å². The molecule has 2 aliphatic heterocycles. The molecule has 3 aromatic carbocycles. The van der Waals surface area contributed by atoms with Gasteiger partial charge >= 0.3 is 5.97 Å². The summed E-state index contributed by atoms with van der Waals surface area (Å²) in [5.41, 5.74) is 4.23. The molecule has 282 valence electrons. The maximum Gasteiger partial charge on any atom is 0.307 e. The monoisotopic (exact) mass is 762 g/mol. The topological polar surface area (TPSA) is 170 Å². The SMILES string of the molecule is COC(=O)CCNC(=O)c1cc2cc(NC(=O)c3cc(NC(=O)CCCOc4cc5c(cc4OC)C(=O)N4c6ccccc6C[C@H]4C=N5)cn3C)ccc2s1. The third kappa shape index (κ3) is 7.92. The first kappa shape index (κ1) is 36.9. The first-order valence-electron chi connectivity index (χ1n) is 17.6. The number of nitrogens with zero attached hydrogens (tertiary/aromatic N) is 3. The van der Waals surface area contributed by atoms with Crippen LogP contribution >= 0.6 is 11.3 Å². The van der Waals surface area contributed by atoms with E-state index in [2.05, 4.69) is 25.7 Å². The van der Waals surface area contributed by atoms with Gasteiger partial charge in [0.15, 0.2) is 11.5 Å². The van der Waals surface area contributed by atoms with E-state index in [1.54, 1.807) is 65.3 Å². The van der Waals surface area contributed by atoms with Gasteiger partial charge in [0.2, 0.25) is 5.91 Å². The lowest BCUT2D eigenvalue weighted by atomic mass is 10.1. The van der Waals surface area contributed by atoms with Crippen molar-refractivity contribution in [2.24, 2.45) is 12.0 Å². The van der Waals surface area contributed by atoms with Crippen LogP contribution in [0, 0.1) is 0 Å². The van der Waals surface area contributed by atoms with Crippen molar-refractivity contribution in [1.29, 1.82) is 0 Å². The fourth-order valence-electron chi connectivity index (χ4n) is 6.58. The lowest BCUT2D eigenvalue weighted by Crippen LogP contribution is -2.37. The maximum atomic E-state index is 13.7. The Bertz CT molecular complexity index is 2360. The van der Waals surface area contributed by atoms with Crippen LogP contribution in [0.3, 0.4) is 0 Å². The largest absolute Gasteiger partial charge is 0.493 e. The van der Waals surface area contributed by atoms with Crippen LogP contribution in [0.15, 0.2) is 77.9 Å². The minimum Gasteiger partial charge on any atom is -0.493 e. The smallest absolute Gasteiger partial charge is 0.307 e. The van der Waals surface area contributed by atoms with Gasteiger partial charge in [-0.3, -0.25) is 33.9 Å². The lowest BCUT2D eigenvalue weighted by Gasteiger charge is -2.22. The van der Waals surface area contributed by atoms with Crippen molar-refractivity contribution in [3.8, 4) is 11.5 Å². The fraction of sp³-hybridized carbons (Fsp3) is 0.250. The first-order chi connectivity index (χ1) is 26.6. The number of benzene rings is 3. The number of anilines is 3. The molecule has 2 aliphatic rings. The number of thiophene rings is 1. The standard InChI is InChI=1S/C40H38N6O8S/c1-45-22-26(18-31(45)38(49)44-25-10-11-34-24(15-25)17-35(55-34)39(50)41-13-12-37(48)53-3)43-36(47)9-6-14-54-33-20-29-28(19-32(33)52-2)40(51)46-27(21-42-29)16-23-7-4-5-8-30(23)46/h4-5,7-8,10-11,15,17-22,27H,6,9,12-14,16H2,1-3H3,(H,41,50)(H,43,47)(H,44,49)/t27-/m0/s1. The summed E-state index contributed by atoms with van der Waals surface area (Å²) >= 11 is 1.30. The number of methoxy groups -OCH3 is 2. The van der Waals surface area contributed by atoms with E-state index >= 15 is 0 Å². The Labute approximate surface area is 320 Å². The van der Waals surface area contributed by atoms with Crippen LogP contribution < -0.4 is 30.3 Å². The van der Waals surface area contributed by atoms with Gasteiger partial charge < -0.3 is 34.7 Å². The van der Waals surface area contributed by atoms with Gasteiger partial charge in [-0.1, -0.05) is 18.2 Å². The molecule has 0 fully saturated rings. The van der Waals surface area contributed by atoms with Crippen molar-refractivity contribution < 1.29 is 38.2 Å². The summed E-state index contributed by atoms with van der Waals surface area (Å²) in [5.74, 6) is -0.674. The Morgan fingerprint density at radius 3 is 2.58 bits per heavy atom. The molecule has 15 heteroatoms. The van der Waals surface area contributed by atoms with Crippen LogP contribution in [0.2, 0.25) is 0 Å². The molecule has 0 spiro atoms. The van der Waals surface area contributed by atoms with Crippen LogP contribution in [-0.4, -0.2) is 73.8 Å². The van der Waals surface area contributed by atoms with E-state index in [1.165, 1.54) is 25.6 Å². The van der Waals surface area contributed by atoms with Crippen LogP contribution in [0.5, 0.6) is 11.5 Å². The Kier molecular flexibility index (Phi) is 10.6. The van der Waals surface area contributed by atoms with Gasteiger partial charge in [-0.2, -0.15) is 0 Å². The molecule has 0 unspecified atom stereocenters. The van der Waals surface area contributed by atoms with E-state index < -0.39 is 5.97 Å². The second-order valence-electron chi connectivity index (χ2n) is 13.0. The van der Waals surface area contributed by atoms with Crippen molar-refractivity contribution in [2.75, 3.05) is 42.9 Å². The summed E-state index contributed by atoms with van der Waals surface area (Å²) in [6.07, 6.45) is 4.77. The molecule has 4 amide bonds. The van der Waals surface area contributed by atoms with E-state index in [1.807, 2.05) is 30.3 Å². The van der Waals surface area contributed by atoms with Crippen molar-refractivity contribution in [1.82, 2.24) is 9.88 Å². The highest BCUT2D eigenvalue weighted by atomic mass is 32.1. The fourth-order valence-corrected chi connectivity index (χ4v) is 7.54. The summed E-state index contributed by atoms with van der Waals surface area (Å²) < 4.78 is 18.6. The number of ether oxygens (including phenoxy) is 3. The zero-order valence-electron chi connectivity index (χ0n) is 30.3. The maximum absolute atomic E-state index is 13.7. The summed E-state index contributed by atoms with van der Waals surface area (Å²) in [6.45, 7) is 0.373. The Morgan fingerprint density at radius 1 is 0.927 bits per heavy atom. The minimum atomic E-state index is -0.407. The van der Waals surface area contributed by atoms with E-state index in [-0.39, 0.29) is 55.7 Å². The number of para-hydroxylation sites is 1. The quantitative estimate of drug-likeness (QED) is 0.0987. The summed E-state index contributed by atoms with van der Waals surface area (Å²) in [6, 6.07) is 19.7. The van der Waals surface area contributed by atoms with Gasteiger partial charge in [0, 0.05) is 61.0 Å². The molecule has 4 heterocycles. The van der Waals surface area contributed by atoms with Gasteiger partial charge in [-0.25, -0.2) is 0 Å². The molecular weight excluding hydrogens is 725 g/mol. The Hall–Kier alpha value is -6.48. The summed E-state index contributed by atoms with van der Waals surface area (Å²) in [4.78, 5) is 70.5. The number of carbonyl (C=O) groups excluding carboxylic acids is 5. The molecule has 0 aliphatic carbocycles. The summed E-state index contributed by atoms with van der Waals surface area (Å²) in [5, 5.41) is 9.20. The van der Waals surface area contributed by atoms with Crippen molar-refractivity contribution in [3.05, 3.63) is 94.6 Å². The highest BCUT2D eigenvalue weighted by molar-refractivity contribution is 7.20. The number of esters is 1. The number of amides is 4. The van der Waals surface area contributed by atoms with Crippen LogP contribution in [0.4, 0.5) is 22.7 Å². The summed E-state index contributed by atoms with van der Waals surface area (Å²) in [7, 11) is 4.51. The zero-order chi connectivity index (χ0) is 38.6. The van der Waals surface area contributed by atoms with Gasteiger partial charge in [-0.05, 0) is 59.8 Å². The van der Waals surface area contributed by atoms with Crippen molar-refractivity contribution in [2.45, 2.75) is 31.7 Å². The van der Waals surface area contributed by atoms with E-state index in [4.69, 9.17) is 9.47 Å². The molecule has 0 radical (unpaired) electrons. The lowest BCUT2D eigenvalue weighted by molar-refractivity contribution is -0.140. The number of aliphatic imine (C=N–C) groups is 1. The normalized spacial score (nSPS) is 14.1. The molecule has 7 rings (SSSR count).